The lowest BCUT2D eigenvalue weighted by Gasteiger charge is -2.33. The monoisotopic (exact) mass is 411 g/mol. The summed E-state index contributed by atoms with van der Waals surface area (Å²) in [6, 6.07) is 11.1. The number of benzene rings is 1. The zero-order chi connectivity index (χ0) is 21.8. The summed E-state index contributed by atoms with van der Waals surface area (Å²) >= 11 is 0. The fraction of sp³-hybridized carbons (Fsp3) is 0.680. The second-order valence-electron chi connectivity index (χ2n) is 10.0. The van der Waals surface area contributed by atoms with E-state index in [1.165, 1.54) is 24.1 Å². The number of amides is 1. The van der Waals surface area contributed by atoms with Crippen LogP contribution in [0.25, 0.3) is 0 Å². The van der Waals surface area contributed by atoms with Gasteiger partial charge in [0, 0.05) is 25.3 Å². The van der Waals surface area contributed by atoms with Crippen LogP contribution in [0.5, 0.6) is 0 Å². The number of rotatable bonds is 7. The molecule has 5 heteroatoms. The molecule has 3 rings (SSSR count). The highest BCUT2D eigenvalue weighted by Gasteiger charge is 2.44. The quantitative estimate of drug-likeness (QED) is 0.652. The lowest BCUT2D eigenvalue weighted by atomic mass is 9.81. The van der Waals surface area contributed by atoms with Crippen LogP contribution in [0.2, 0.25) is 0 Å². The number of anilines is 1. The Balaban J connectivity index is 1.44. The van der Waals surface area contributed by atoms with Gasteiger partial charge in [-0.2, -0.15) is 5.26 Å². The number of nitrogens with zero attached hydrogens (tertiary/aromatic N) is 2. The third kappa shape index (κ3) is 5.90. The molecule has 2 fully saturated rings. The van der Waals surface area contributed by atoms with Crippen molar-refractivity contribution in [3.05, 3.63) is 29.8 Å². The molecule has 0 unspecified atom stereocenters. The molecule has 0 aromatic heterocycles. The summed E-state index contributed by atoms with van der Waals surface area (Å²) in [7, 11) is 0. The summed E-state index contributed by atoms with van der Waals surface area (Å²) in [5.74, 6) is 1.24. The fourth-order valence-corrected chi connectivity index (χ4v) is 4.47. The standard InChI is InChI=1S/C25H37N3O2/c1-5-28(22-12-10-21(11-13-22)25(18-26)14-15-25)17-20-8-6-19(7-9-20)16-27-23(29)30-24(2,3)4/h10-13,19-20H,5-9,14-17H2,1-4H3,(H,27,29). The van der Waals surface area contributed by atoms with Gasteiger partial charge in [-0.05, 0) is 95.8 Å². The maximum Gasteiger partial charge on any atom is 0.407 e. The van der Waals surface area contributed by atoms with Gasteiger partial charge in [-0.1, -0.05) is 12.1 Å². The van der Waals surface area contributed by atoms with Crippen molar-refractivity contribution in [3.8, 4) is 6.07 Å². The third-order valence-corrected chi connectivity index (χ3v) is 6.51. The van der Waals surface area contributed by atoms with E-state index < -0.39 is 5.60 Å². The van der Waals surface area contributed by atoms with Gasteiger partial charge in [0.25, 0.3) is 0 Å². The molecule has 0 heterocycles. The highest BCUT2D eigenvalue weighted by Crippen LogP contribution is 2.47. The first-order chi connectivity index (χ1) is 14.2. The van der Waals surface area contributed by atoms with Crippen LogP contribution in [0, 0.1) is 23.2 Å². The highest BCUT2D eigenvalue weighted by atomic mass is 16.6. The van der Waals surface area contributed by atoms with E-state index in [2.05, 4.69) is 47.5 Å². The highest BCUT2D eigenvalue weighted by molar-refractivity contribution is 5.67. The minimum atomic E-state index is -0.447. The summed E-state index contributed by atoms with van der Waals surface area (Å²) in [6.07, 6.45) is 6.39. The van der Waals surface area contributed by atoms with E-state index in [0.717, 1.165) is 38.8 Å². The molecule has 1 amide bonds. The van der Waals surface area contributed by atoms with Gasteiger partial charge in [-0.15, -0.1) is 0 Å². The number of carbonyl (C=O) groups is 1. The van der Waals surface area contributed by atoms with Crippen molar-refractivity contribution in [3.63, 3.8) is 0 Å². The number of hydrogen-bond donors (Lipinski definition) is 1. The zero-order valence-electron chi connectivity index (χ0n) is 19.0. The first-order valence-electron chi connectivity index (χ1n) is 11.5. The first-order valence-corrected chi connectivity index (χ1v) is 11.5. The van der Waals surface area contributed by atoms with Gasteiger partial charge >= 0.3 is 6.09 Å². The van der Waals surface area contributed by atoms with Crippen LogP contribution in [0.1, 0.15) is 71.8 Å². The molecular formula is C25H37N3O2. The van der Waals surface area contributed by atoms with Crippen LogP contribution in [0.15, 0.2) is 24.3 Å². The van der Waals surface area contributed by atoms with Gasteiger partial charge in [0.15, 0.2) is 0 Å². The Morgan fingerprint density at radius 2 is 1.77 bits per heavy atom. The third-order valence-electron chi connectivity index (χ3n) is 6.51. The van der Waals surface area contributed by atoms with E-state index in [-0.39, 0.29) is 11.5 Å². The van der Waals surface area contributed by atoms with E-state index in [1.807, 2.05) is 20.8 Å². The number of ether oxygens (including phenoxy) is 1. The van der Waals surface area contributed by atoms with Gasteiger partial charge in [0.05, 0.1) is 11.5 Å². The van der Waals surface area contributed by atoms with Crippen molar-refractivity contribution in [1.82, 2.24) is 5.32 Å². The van der Waals surface area contributed by atoms with Crippen LogP contribution in [-0.2, 0) is 10.2 Å². The Labute approximate surface area is 181 Å². The maximum atomic E-state index is 11.9. The predicted molar refractivity (Wildman–Crippen MR) is 121 cm³/mol. The van der Waals surface area contributed by atoms with Crippen molar-refractivity contribution >= 4 is 11.8 Å². The van der Waals surface area contributed by atoms with E-state index in [9.17, 15) is 10.1 Å². The molecule has 0 radical (unpaired) electrons. The number of nitriles is 1. The minimum Gasteiger partial charge on any atom is -0.444 e. The van der Waals surface area contributed by atoms with Gasteiger partial charge in [-0.25, -0.2) is 4.79 Å². The Hall–Kier alpha value is -2.22. The average Bonchev–Trinajstić information content (AvgIpc) is 3.52. The number of carbonyl (C=O) groups excluding carboxylic acids is 1. The van der Waals surface area contributed by atoms with Crippen LogP contribution in [-0.4, -0.2) is 31.3 Å². The van der Waals surface area contributed by atoms with Crippen molar-refractivity contribution in [2.45, 2.75) is 77.2 Å². The number of alkyl carbamates (subject to hydrolysis) is 1. The molecule has 0 aliphatic heterocycles. The molecule has 2 saturated carbocycles. The van der Waals surface area contributed by atoms with Gasteiger partial charge < -0.3 is 15.0 Å². The van der Waals surface area contributed by atoms with Crippen molar-refractivity contribution in [1.29, 1.82) is 5.26 Å². The molecule has 0 saturated heterocycles. The van der Waals surface area contributed by atoms with Crippen LogP contribution < -0.4 is 10.2 Å². The molecule has 164 valence electrons. The fourth-order valence-electron chi connectivity index (χ4n) is 4.47. The van der Waals surface area contributed by atoms with Gasteiger partial charge in [0.1, 0.15) is 5.60 Å². The van der Waals surface area contributed by atoms with E-state index in [0.29, 0.717) is 18.4 Å². The molecule has 2 aliphatic rings. The molecule has 0 bridgehead atoms. The van der Waals surface area contributed by atoms with Crippen molar-refractivity contribution in [2.75, 3.05) is 24.5 Å². The Morgan fingerprint density at radius 1 is 1.17 bits per heavy atom. The Kier molecular flexibility index (Phi) is 6.95. The predicted octanol–water partition coefficient (Wildman–Crippen LogP) is 5.40. The zero-order valence-corrected chi connectivity index (χ0v) is 19.0. The molecule has 1 aromatic carbocycles. The second kappa shape index (κ2) is 9.29. The Morgan fingerprint density at radius 3 is 2.27 bits per heavy atom. The average molecular weight is 412 g/mol. The summed E-state index contributed by atoms with van der Waals surface area (Å²) < 4.78 is 5.33. The van der Waals surface area contributed by atoms with E-state index in [4.69, 9.17) is 4.74 Å². The largest absolute Gasteiger partial charge is 0.444 e. The van der Waals surface area contributed by atoms with Crippen LogP contribution >= 0.6 is 0 Å². The van der Waals surface area contributed by atoms with Crippen LogP contribution in [0.4, 0.5) is 10.5 Å². The SMILES string of the molecule is CCN(CC1CCC(CNC(=O)OC(C)(C)C)CC1)c1ccc(C2(C#N)CC2)cc1. The van der Waals surface area contributed by atoms with Gasteiger partial charge in [0.2, 0.25) is 0 Å². The van der Waals surface area contributed by atoms with Gasteiger partial charge in [-0.3, -0.25) is 0 Å². The molecule has 0 spiro atoms. The topological polar surface area (TPSA) is 65.4 Å². The number of nitrogens with one attached hydrogen (secondary N) is 1. The smallest absolute Gasteiger partial charge is 0.407 e. The Bertz CT molecular complexity index is 748. The lowest BCUT2D eigenvalue weighted by Crippen LogP contribution is -2.37. The first kappa shape index (κ1) is 22.5. The molecule has 1 N–H and O–H groups in total. The maximum absolute atomic E-state index is 11.9. The summed E-state index contributed by atoms with van der Waals surface area (Å²) in [5.41, 5.74) is 1.77. The van der Waals surface area contributed by atoms with Crippen LogP contribution in [0.3, 0.4) is 0 Å². The summed E-state index contributed by atoms with van der Waals surface area (Å²) in [6.45, 7) is 10.6. The van der Waals surface area contributed by atoms with Crippen molar-refractivity contribution < 1.29 is 9.53 Å². The molecule has 0 atom stereocenters. The normalized spacial score (nSPS) is 22.6. The summed E-state index contributed by atoms with van der Waals surface area (Å²) in [4.78, 5) is 14.3. The number of hydrogen-bond acceptors (Lipinski definition) is 4. The van der Waals surface area contributed by atoms with E-state index >= 15 is 0 Å². The molecule has 1 aromatic rings. The van der Waals surface area contributed by atoms with Crippen molar-refractivity contribution in [2.24, 2.45) is 11.8 Å². The molecule has 5 nitrogen and oxygen atoms in total. The molecular weight excluding hydrogens is 374 g/mol. The second-order valence-corrected chi connectivity index (χ2v) is 10.0. The molecule has 30 heavy (non-hydrogen) atoms. The van der Waals surface area contributed by atoms with E-state index in [1.54, 1.807) is 0 Å². The lowest BCUT2D eigenvalue weighted by molar-refractivity contribution is 0.0513. The molecule has 2 aliphatic carbocycles. The summed E-state index contributed by atoms with van der Waals surface area (Å²) in [5, 5.41) is 12.3. The minimum absolute atomic E-state index is 0.207.